The lowest BCUT2D eigenvalue weighted by Gasteiger charge is -2.10. The standard InChI is InChI=1S/C8H11NO3/c1-3-6(10)9-7-5(2)4-12-8(7)11/h3,5,7H,1,4H2,2H3,(H,9,10). The van der Waals surface area contributed by atoms with Gasteiger partial charge in [0.1, 0.15) is 6.04 Å². The summed E-state index contributed by atoms with van der Waals surface area (Å²) < 4.78 is 4.74. The van der Waals surface area contributed by atoms with Gasteiger partial charge in [-0.1, -0.05) is 13.5 Å². The molecule has 1 fully saturated rings. The van der Waals surface area contributed by atoms with Gasteiger partial charge >= 0.3 is 5.97 Å². The lowest BCUT2D eigenvalue weighted by atomic mass is 10.1. The number of hydrogen-bond acceptors (Lipinski definition) is 3. The molecule has 0 aromatic carbocycles. The van der Waals surface area contributed by atoms with Gasteiger partial charge in [0.2, 0.25) is 5.91 Å². The fourth-order valence-corrected chi connectivity index (χ4v) is 1.05. The molecule has 1 amide bonds. The number of rotatable bonds is 2. The van der Waals surface area contributed by atoms with Gasteiger partial charge in [-0.05, 0) is 6.08 Å². The summed E-state index contributed by atoms with van der Waals surface area (Å²) in [6.45, 7) is 5.51. The molecular formula is C8H11NO3. The van der Waals surface area contributed by atoms with Crippen molar-refractivity contribution in [1.29, 1.82) is 0 Å². The highest BCUT2D eigenvalue weighted by Gasteiger charge is 2.34. The molecule has 0 saturated carbocycles. The first-order valence-corrected chi connectivity index (χ1v) is 3.74. The molecule has 1 saturated heterocycles. The van der Waals surface area contributed by atoms with Gasteiger partial charge in [0.25, 0.3) is 0 Å². The normalized spacial score (nSPS) is 27.9. The van der Waals surface area contributed by atoms with Crippen molar-refractivity contribution in [2.75, 3.05) is 6.61 Å². The number of amides is 1. The first kappa shape index (κ1) is 8.77. The summed E-state index contributed by atoms with van der Waals surface area (Å²) in [5, 5.41) is 2.50. The summed E-state index contributed by atoms with van der Waals surface area (Å²) in [7, 11) is 0. The van der Waals surface area contributed by atoms with Crippen molar-refractivity contribution in [3.05, 3.63) is 12.7 Å². The summed E-state index contributed by atoms with van der Waals surface area (Å²) in [5.41, 5.74) is 0. The Hall–Kier alpha value is -1.32. The lowest BCUT2D eigenvalue weighted by Crippen LogP contribution is -2.40. The summed E-state index contributed by atoms with van der Waals surface area (Å²) in [5.74, 6) is -0.662. The van der Waals surface area contributed by atoms with Crippen LogP contribution in [0, 0.1) is 5.92 Å². The van der Waals surface area contributed by atoms with Crippen LogP contribution in [0.2, 0.25) is 0 Å². The number of esters is 1. The molecule has 0 spiro atoms. The van der Waals surface area contributed by atoms with E-state index in [4.69, 9.17) is 4.74 Å². The van der Waals surface area contributed by atoms with Crippen LogP contribution in [0.25, 0.3) is 0 Å². The zero-order chi connectivity index (χ0) is 9.14. The average Bonchev–Trinajstić information content (AvgIpc) is 2.35. The number of ether oxygens (including phenoxy) is 1. The molecule has 2 unspecified atom stereocenters. The third kappa shape index (κ3) is 1.64. The SMILES string of the molecule is C=CC(=O)NC1C(=O)OCC1C. The Bertz CT molecular complexity index is 224. The molecule has 0 radical (unpaired) electrons. The average molecular weight is 169 g/mol. The molecule has 12 heavy (non-hydrogen) atoms. The van der Waals surface area contributed by atoms with Crippen molar-refractivity contribution >= 4 is 11.9 Å². The quantitative estimate of drug-likeness (QED) is 0.462. The Balaban J connectivity index is 2.55. The second kappa shape index (κ2) is 3.38. The fraction of sp³-hybridized carbons (Fsp3) is 0.500. The van der Waals surface area contributed by atoms with Gasteiger partial charge in [0, 0.05) is 5.92 Å². The van der Waals surface area contributed by atoms with E-state index < -0.39 is 6.04 Å². The molecule has 0 aromatic heterocycles. The number of carbonyl (C=O) groups excluding carboxylic acids is 2. The molecular weight excluding hydrogens is 158 g/mol. The van der Waals surface area contributed by atoms with Gasteiger partial charge in [-0.25, -0.2) is 4.79 Å². The van der Waals surface area contributed by atoms with E-state index in [0.717, 1.165) is 6.08 Å². The second-order valence-corrected chi connectivity index (χ2v) is 2.80. The third-order valence-corrected chi connectivity index (χ3v) is 1.79. The Morgan fingerprint density at radius 2 is 2.50 bits per heavy atom. The van der Waals surface area contributed by atoms with Gasteiger partial charge < -0.3 is 10.1 Å². The van der Waals surface area contributed by atoms with Crippen molar-refractivity contribution < 1.29 is 14.3 Å². The maximum absolute atomic E-state index is 11.0. The molecule has 1 aliphatic rings. The molecule has 4 heteroatoms. The second-order valence-electron chi connectivity index (χ2n) is 2.80. The molecule has 0 aromatic rings. The van der Waals surface area contributed by atoms with Crippen molar-refractivity contribution in [2.45, 2.75) is 13.0 Å². The van der Waals surface area contributed by atoms with Gasteiger partial charge in [0.15, 0.2) is 0 Å². The summed E-state index contributed by atoms with van der Waals surface area (Å²) in [6.07, 6.45) is 1.14. The summed E-state index contributed by atoms with van der Waals surface area (Å²) >= 11 is 0. The monoisotopic (exact) mass is 169 g/mol. The molecule has 2 atom stereocenters. The molecule has 1 aliphatic heterocycles. The zero-order valence-corrected chi connectivity index (χ0v) is 6.87. The summed E-state index contributed by atoms with van der Waals surface area (Å²) in [6, 6.07) is -0.504. The van der Waals surface area contributed by atoms with Crippen LogP contribution in [0.15, 0.2) is 12.7 Å². The number of nitrogens with one attached hydrogen (secondary N) is 1. The van der Waals surface area contributed by atoms with Crippen molar-refractivity contribution in [3.63, 3.8) is 0 Å². The van der Waals surface area contributed by atoms with E-state index in [1.54, 1.807) is 0 Å². The number of carbonyl (C=O) groups is 2. The van der Waals surface area contributed by atoms with Crippen LogP contribution in [0.1, 0.15) is 6.92 Å². The largest absolute Gasteiger partial charge is 0.464 e. The van der Waals surface area contributed by atoms with Crippen LogP contribution < -0.4 is 5.32 Å². The van der Waals surface area contributed by atoms with Crippen molar-refractivity contribution in [3.8, 4) is 0 Å². The summed E-state index contributed by atoms with van der Waals surface area (Å²) in [4.78, 5) is 21.8. The third-order valence-electron chi connectivity index (χ3n) is 1.79. The van der Waals surface area contributed by atoms with Crippen molar-refractivity contribution in [2.24, 2.45) is 5.92 Å². The Morgan fingerprint density at radius 3 is 2.92 bits per heavy atom. The molecule has 0 bridgehead atoms. The van der Waals surface area contributed by atoms with Crippen molar-refractivity contribution in [1.82, 2.24) is 5.32 Å². The lowest BCUT2D eigenvalue weighted by molar-refractivity contribution is -0.140. The maximum atomic E-state index is 11.0. The van der Waals surface area contributed by atoms with Gasteiger partial charge in [-0.15, -0.1) is 0 Å². The first-order valence-electron chi connectivity index (χ1n) is 3.74. The van der Waals surface area contributed by atoms with E-state index in [-0.39, 0.29) is 17.8 Å². The van der Waals surface area contributed by atoms with Crippen LogP contribution in [0.3, 0.4) is 0 Å². The molecule has 4 nitrogen and oxygen atoms in total. The van der Waals surface area contributed by atoms with Crippen LogP contribution in [0.4, 0.5) is 0 Å². The fourth-order valence-electron chi connectivity index (χ4n) is 1.05. The van der Waals surface area contributed by atoms with Gasteiger partial charge in [-0.2, -0.15) is 0 Å². The topological polar surface area (TPSA) is 55.4 Å². The van der Waals surface area contributed by atoms with E-state index in [1.165, 1.54) is 0 Å². The Labute approximate surface area is 70.6 Å². The van der Waals surface area contributed by atoms with Crippen LogP contribution in [0.5, 0.6) is 0 Å². The van der Waals surface area contributed by atoms with E-state index in [9.17, 15) is 9.59 Å². The predicted molar refractivity (Wildman–Crippen MR) is 42.3 cm³/mol. The van der Waals surface area contributed by atoms with E-state index in [2.05, 4.69) is 11.9 Å². The predicted octanol–water partition coefficient (Wildman–Crippen LogP) is -0.150. The Morgan fingerprint density at radius 1 is 1.83 bits per heavy atom. The minimum atomic E-state index is -0.504. The molecule has 1 rings (SSSR count). The van der Waals surface area contributed by atoms with Crippen LogP contribution in [-0.4, -0.2) is 24.5 Å². The highest BCUT2D eigenvalue weighted by atomic mass is 16.5. The van der Waals surface area contributed by atoms with Crippen LogP contribution >= 0.6 is 0 Å². The minimum absolute atomic E-state index is 0.0430. The van der Waals surface area contributed by atoms with Gasteiger partial charge in [0.05, 0.1) is 6.61 Å². The highest BCUT2D eigenvalue weighted by molar-refractivity contribution is 5.91. The number of hydrogen-bond donors (Lipinski definition) is 1. The zero-order valence-electron chi connectivity index (χ0n) is 6.87. The molecule has 1 heterocycles. The maximum Gasteiger partial charge on any atom is 0.329 e. The smallest absolute Gasteiger partial charge is 0.329 e. The van der Waals surface area contributed by atoms with E-state index >= 15 is 0 Å². The molecule has 0 aliphatic carbocycles. The van der Waals surface area contributed by atoms with E-state index in [0.29, 0.717) is 6.61 Å². The molecule has 66 valence electrons. The molecule has 1 N–H and O–H groups in total. The number of cyclic esters (lactones) is 1. The minimum Gasteiger partial charge on any atom is -0.464 e. The first-order chi connectivity index (χ1) is 5.65. The Kier molecular flexibility index (Phi) is 2.47. The van der Waals surface area contributed by atoms with Gasteiger partial charge in [-0.3, -0.25) is 4.79 Å². The van der Waals surface area contributed by atoms with E-state index in [1.807, 2.05) is 6.92 Å². The van der Waals surface area contributed by atoms with Crippen LogP contribution in [-0.2, 0) is 14.3 Å². The highest BCUT2D eigenvalue weighted by Crippen LogP contribution is 2.13.